The van der Waals surface area contributed by atoms with Gasteiger partial charge in [0.1, 0.15) is 5.82 Å². The molecule has 1 aromatic rings. The van der Waals surface area contributed by atoms with E-state index in [1.54, 1.807) is 9.91 Å². The molecule has 0 unspecified atom stereocenters. The summed E-state index contributed by atoms with van der Waals surface area (Å²) in [6.45, 7) is 2.13. The summed E-state index contributed by atoms with van der Waals surface area (Å²) in [4.78, 5) is 13.7. The minimum absolute atomic E-state index is 0.0559. The zero-order valence-electron chi connectivity index (χ0n) is 9.20. The van der Waals surface area contributed by atoms with Gasteiger partial charge in [0.05, 0.1) is 10.6 Å². The predicted molar refractivity (Wildman–Crippen MR) is 63.1 cm³/mol. The molecule has 0 spiro atoms. The van der Waals surface area contributed by atoms with E-state index in [2.05, 4.69) is 0 Å². The van der Waals surface area contributed by atoms with Gasteiger partial charge >= 0.3 is 0 Å². The van der Waals surface area contributed by atoms with Crippen molar-refractivity contribution in [2.75, 3.05) is 26.2 Å². The van der Waals surface area contributed by atoms with E-state index in [-0.39, 0.29) is 16.5 Å². The summed E-state index contributed by atoms with van der Waals surface area (Å²) in [6, 6.07) is 4.22. The second kappa shape index (κ2) is 5.00. The first-order valence-corrected chi connectivity index (χ1v) is 5.70. The third-order valence-electron chi connectivity index (χ3n) is 2.78. The number of piperazine rings is 1. The normalized spacial score (nSPS) is 17.2. The van der Waals surface area contributed by atoms with Crippen LogP contribution in [0, 0.1) is 5.82 Å². The van der Waals surface area contributed by atoms with Gasteiger partial charge in [-0.05, 0) is 12.1 Å². The number of carbonyl (C=O) groups excluding carboxylic acids is 1. The Hall–Kier alpha value is -1.17. The van der Waals surface area contributed by atoms with E-state index >= 15 is 0 Å². The summed E-state index contributed by atoms with van der Waals surface area (Å²) in [5.74, 6) is 4.63. The van der Waals surface area contributed by atoms with Crippen LogP contribution >= 0.6 is 11.6 Å². The molecule has 17 heavy (non-hydrogen) atoms. The van der Waals surface area contributed by atoms with E-state index < -0.39 is 5.82 Å². The molecule has 1 aromatic carbocycles. The Bertz CT molecular complexity index is 412. The Balaban J connectivity index is 2.20. The van der Waals surface area contributed by atoms with Crippen LogP contribution in [0.1, 0.15) is 10.4 Å². The SMILES string of the molecule is NN1CCN(C(=O)c2c(F)cccc2Cl)CC1. The fourth-order valence-corrected chi connectivity index (χ4v) is 2.03. The van der Waals surface area contributed by atoms with E-state index in [1.807, 2.05) is 0 Å². The Morgan fingerprint density at radius 1 is 1.29 bits per heavy atom. The minimum atomic E-state index is -0.585. The number of hydrazine groups is 1. The summed E-state index contributed by atoms with van der Waals surface area (Å²) in [5, 5.41) is 1.78. The van der Waals surface area contributed by atoms with Crippen LogP contribution in [0.5, 0.6) is 0 Å². The fraction of sp³-hybridized carbons (Fsp3) is 0.364. The third kappa shape index (κ3) is 2.57. The van der Waals surface area contributed by atoms with Crippen molar-refractivity contribution in [2.24, 2.45) is 5.84 Å². The zero-order chi connectivity index (χ0) is 12.4. The molecule has 2 N–H and O–H groups in total. The number of carbonyl (C=O) groups is 1. The van der Waals surface area contributed by atoms with Gasteiger partial charge in [0, 0.05) is 26.2 Å². The van der Waals surface area contributed by atoms with Gasteiger partial charge in [-0.25, -0.2) is 9.40 Å². The third-order valence-corrected chi connectivity index (χ3v) is 3.09. The van der Waals surface area contributed by atoms with Crippen molar-refractivity contribution in [1.29, 1.82) is 0 Å². The number of hydrogen-bond acceptors (Lipinski definition) is 3. The molecule has 0 atom stereocenters. The fourth-order valence-electron chi connectivity index (χ4n) is 1.79. The van der Waals surface area contributed by atoms with E-state index in [9.17, 15) is 9.18 Å². The lowest BCUT2D eigenvalue weighted by Crippen LogP contribution is -2.51. The predicted octanol–water partition coefficient (Wildman–Crippen LogP) is 1.11. The number of benzene rings is 1. The molecule has 2 rings (SSSR count). The highest BCUT2D eigenvalue weighted by Gasteiger charge is 2.24. The second-order valence-electron chi connectivity index (χ2n) is 3.92. The highest BCUT2D eigenvalue weighted by atomic mass is 35.5. The Morgan fingerprint density at radius 3 is 2.53 bits per heavy atom. The smallest absolute Gasteiger partial charge is 0.258 e. The first-order valence-electron chi connectivity index (χ1n) is 5.32. The molecule has 0 bridgehead atoms. The molecule has 92 valence electrons. The highest BCUT2D eigenvalue weighted by molar-refractivity contribution is 6.33. The number of halogens is 2. The molecule has 1 saturated heterocycles. The number of nitrogens with zero attached hydrogens (tertiary/aromatic N) is 2. The van der Waals surface area contributed by atoms with Gasteiger partial charge in [0.25, 0.3) is 5.91 Å². The molecular formula is C11H13ClFN3O. The van der Waals surface area contributed by atoms with Crippen LogP contribution in [0.15, 0.2) is 18.2 Å². The van der Waals surface area contributed by atoms with Crippen LogP contribution in [-0.4, -0.2) is 42.0 Å². The Morgan fingerprint density at radius 2 is 1.94 bits per heavy atom. The largest absolute Gasteiger partial charge is 0.336 e. The van der Waals surface area contributed by atoms with Gasteiger partial charge in [-0.1, -0.05) is 17.7 Å². The lowest BCUT2D eigenvalue weighted by Gasteiger charge is -2.32. The number of nitrogens with two attached hydrogens (primary N) is 1. The van der Waals surface area contributed by atoms with Crippen molar-refractivity contribution in [2.45, 2.75) is 0 Å². The maximum Gasteiger partial charge on any atom is 0.258 e. The van der Waals surface area contributed by atoms with Crippen molar-refractivity contribution >= 4 is 17.5 Å². The zero-order valence-corrected chi connectivity index (χ0v) is 9.95. The van der Waals surface area contributed by atoms with Gasteiger partial charge in [0.15, 0.2) is 0 Å². The van der Waals surface area contributed by atoms with E-state index in [0.717, 1.165) is 0 Å². The highest BCUT2D eigenvalue weighted by Crippen LogP contribution is 2.21. The van der Waals surface area contributed by atoms with Gasteiger partial charge in [-0.3, -0.25) is 10.6 Å². The van der Waals surface area contributed by atoms with Crippen molar-refractivity contribution < 1.29 is 9.18 Å². The lowest BCUT2D eigenvalue weighted by atomic mass is 10.1. The number of rotatable bonds is 1. The summed E-state index contributed by atoms with van der Waals surface area (Å²) in [6.07, 6.45) is 0. The monoisotopic (exact) mass is 257 g/mol. The maximum absolute atomic E-state index is 13.6. The molecule has 1 heterocycles. The molecule has 1 aliphatic heterocycles. The molecule has 1 aliphatic rings. The van der Waals surface area contributed by atoms with Crippen molar-refractivity contribution in [1.82, 2.24) is 9.91 Å². The van der Waals surface area contributed by atoms with Crippen LogP contribution < -0.4 is 5.84 Å². The quantitative estimate of drug-likeness (QED) is 0.767. The summed E-state index contributed by atoms with van der Waals surface area (Å²) in [5.41, 5.74) is -0.0559. The van der Waals surface area contributed by atoms with Crippen molar-refractivity contribution in [3.63, 3.8) is 0 Å². The van der Waals surface area contributed by atoms with E-state index in [4.69, 9.17) is 17.4 Å². The first-order chi connectivity index (χ1) is 8.09. The van der Waals surface area contributed by atoms with Crippen molar-refractivity contribution in [3.05, 3.63) is 34.6 Å². The van der Waals surface area contributed by atoms with E-state index in [0.29, 0.717) is 26.2 Å². The van der Waals surface area contributed by atoms with Gasteiger partial charge in [-0.15, -0.1) is 0 Å². The van der Waals surface area contributed by atoms with Gasteiger partial charge in [-0.2, -0.15) is 0 Å². The molecule has 1 fully saturated rings. The Labute approximate surface area is 104 Å². The standard InChI is InChI=1S/C11H13ClFN3O/c12-8-2-1-3-9(13)10(8)11(17)15-4-6-16(14)7-5-15/h1-3H,4-7,14H2. The first kappa shape index (κ1) is 12.3. The molecule has 1 amide bonds. The van der Waals surface area contributed by atoms with Gasteiger partial charge < -0.3 is 4.90 Å². The summed E-state index contributed by atoms with van der Waals surface area (Å²) >= 11 is 5.85. The molecule has 0 aromatic heterocycles. The molecule has 4 nitrogen and oxygen atoms in total. The number of amides is 1. The van der Waals surface area contributed by atoms with Crippen LogP contribution in [0.25, 0.3) is 0 Å². The van der Waals surface area contributed by atoms with Crippen LogP contribution in [0.3, 0.4) is 0 Å². The van der Waals surface area contributed by atoms with Crippen LogP contribution in [0.4, 0.5) is 4.39 Å². The molecule has 0 aliphatic carbocycles. The summed E-state index contributed by atoms with van der Waals surface area (Å²) < 4.78 is 13.6. The molecular weight excluding hydrogens is 245 g/mol. The average molecular weight is 258 g/mol. The minimum Gasteiger partial charge on any atom is -0.336 e. The van der Waals surface area contributed by atoms with Crippen molar-refractivity contribution in [3.8, 4) is 0 Å². The van der Waals surface area contributed by atoms with E-state index in [1.165, 1.54) is 18.2 Å². The summed E-state index contributed by atoms with van der Waals surface area (Å²) in [7, 11) is 0. The molecule has 6 heteroatoms. The Kier molecular flexibility index (Phi) is 3.61. The molecule has 0 radical (unpaired) electrons. The van der Waals surface area contributed by atoms with Gasteiger partial charge in [0.2, 0.25) is 0 Å². The number of hydrogen-bond donors (Lipinski definition) is 1. The molecule has 0 saturated carbocycles. The average Bonchev–Trinajstić information content (AvgIpc) is 2.29. The second-order valence-corrected chi connectivity index (χ2v) is 4.33. The van der Waals surface area contributed by atoms with Crippen LogP contribution in [0.2, 0.25) is 5.02 Å². The topological polar surface area (TPSA) is 49.6 Å². The maximum atomic E-state index is 13.6. The van der Waals surface area contributed by atoms with Crippen LogP contribution in [-0.2, 0) is 0 Å². The lowest BCUT2D eigenvalue weighted by molar-refractivity contribution is 0.0633.